The molecule has 0 heterocycles. The maximum atomic E-state index is 13.0. The molecule has 0 bridgehead atoms. The fourth-order valence-corrected chi connectivity index (χ4v) is 15.7. The molecular formula is C96H162CaO14S2. The van der Waals surface area contributed by atoms with E-state index in [1.807, 2.05) is 0 Å². The molecule has 0 unspecified atom stereocenters. The van der Waals surface area contributed by atoms with E-state index in [9.17, 15) is 45.1 Å². The van der Waals surface area contributed by atoms with Crippen molar-refractivity contribution in [3.05, 3.63) is 107 Å². The minimum atomic E-state index is -5.02. The zero-order valence-corrected chi connectivity index (χ0v) is 76.2. The molecule has 0 amide bonds. The van der Waals surface area contributed by atoms with Crippen LogP contribution in [-0.4, -0.2) is 114 Å². The molecule has 0 fully saturated rings. The quantitative estimate of drug-likeness (QED) is 0.0150. The summed E-state index contributed by atoms with van der Waals surface area (Å²) in [6.45, 7) is 9.22. The minimum Gasteiger partial charge on any atom is -0.744 e. The van der Waals surface area contributed by atoms with Gasteiger partial charge < -0.3 is 28.1 Å². The van der Waals surface area contributed by atoms with Gasteiger partial charge in [-0.1, -0.05) is 397 Å². The van der Waals surface area contributed by atoms with Crippen molar-refractivity contribution in [2.45, 2.75) is 448 Å². The molecule has 0 saturated carbocycles. The molecule has 0 aliphatic rings. The minimum absolute atomic E-state index is 0. The van der Waals surface area contributed by atoms with Crippen LogP contribution in [0.25, 0.3) is 0 Å². The van der Waals surface area contributed by atoms with Crippen LogP contribution in [0.15, 0.2) is 94.8 Å². The van der Waals surface area contributed by atoms with Crippen molar-refractivity contribution in [1.82, 2.24) is 0 Å². The van der Waals surface area contributed by atoms with Crippen LogP contribution in [0.4, 0.5) is 0 Å². The molecule has 644 valence electrons. The number of rotatable bonds is 78. The zero-order chi connectivity index (χ0) is 81.6. The Hall–Kier alpha value is -3.64. The van der Waals surface area contributed by atoms with Crippen molar-refractivity contribution in [3.63, 3.8) is 0 Å². The van der Waals surface area contributed by atoms with Crippen molar-refractivity contribution >= 4 is 81.9 Å². The first-order valence-corrected chi connectivity index (χ1v) is 48.9. The molecule has 113 heavy (non-hydrogen) atoms. The molecule has 0 saturated heterocycles. The summed E-state index contributed by atoms with van der Waals surface area (Å²) in [5.41, 5.74) is -1.55. The first kappa shape index (κ1) is 109. The summed E-state index contributed by atoms with van der Waals surface area (Å²) in [6.07, 6.45) is 95.1. The molecule has 14 nitrogen and oxygen atoms in total. The third-order valence-corrected chi connectivity index (χ3v) is 22.8. The maximum Gasteiger partial charge on any atom is 2.00 e. The maximum absolute atomic E-state index is 13.0. The molecule has 2 aromatic rings. The second-order valence-electron chi connectivity index (χ2n) is 31.3. The van der Waals surface area contributed by atoms with E-state index in [2.05, 4.69) is 76.3 Å². The Balaban J connectivity index is 0.00000220. The predicted molar refractivity (Wildman–Crippen MR) is 470 cm³/mol. The molecule has 0 atom stereocenters. The summed E-state index contributed by atoms with van der Waals surface area (Å²) in [6, 6.07) is 7.27. The average Bonchev–Trinajstić information content (AvgIpc) is 0.797. The average molecular weight is 1640 g/mol. The number of esters is 4. The van der Waals surface area contributed by atoms with Gasteiger partial charge in [0, 0.05) is 0 Å². The van der Waals surface area contributed by atoms with Gasteiger partial charge in [-0.25, -0.2) is 36.0 Å². The van der Waals surface area contributed by atoms with E-state index in [4.69, 9.17) is 18.9 Å². The van der Waals surface area contributed by atoms with Gasteiger partial charge in [-0.2, -0.15) is 0 Å². The van der Waals surface area contributed by atoms with Crippen LogP contribution in [0.5, 0.6) is 0 Å². The molecule has 2 rings (SSSR count). The number of allylic oxidation sites excluding steroid dienone is 8. The molecule has 0 spiro atoms. The van der Waals surface area contributed by atoms with Gasteiger partial charge in [0.05, 0.1) is 58.5 Å². The number of unbranched alkanes of at least 4 members (excludes halogenated alkanes) is 56. The second kappa shape index (κ2) is 80.8. The number of carbonyl (C=O) groups excluding carboxylic acids is 4. The van der Waals surface area contributed by atoms with E-state index >= 15 is 0 Å². The van der Waals surface area contributed by atoms with E-state index in [0.717, 1.165) is 115 Å². The Morgan fingerprint density at radius 2 is 0.407 bits per heavy atom. The number of hydrogen-bond donors (Lipinski definition) is 0. The molecule has 0 N–H and O–H groups in total. The van der Waals surface area contributed by atoms with Gasteiger partial charge >= 0.3 is 61.6 Å². The standard InChI is InChI=1S/2C48H82O7S.Ca/c2*1-3-5-7-9-11-13-15-17-19-21-23-25-27-29-31-33-35-37-42-54-47(49)44-40-39-41-45(56(51,52)53)46(44)48(50)55-43-38-36-34-32-30-28-26-24-22-20-18-16-14-12-10-8-6-4-2;/h2*5-8,39-41H,3-4,9-38,42-43H2,1-2H3,(H,51,52,53);/q;;+2/p-2/b2*7-5+,8-6+;. The van der Waals surface area contributed by atoms with Gasteiger partial charge in [0.25, 0.3) is 0 Å². The van der Waals surface area contributed by atoms with Crippen LogP contribution >= 0.6 is 0 Å². The van der Waals surface area contributed by atoms with Crippen molar-refractivity contribution < 1.29 is 64.1 Å². The summed E-state index contributed by atoms with van der Waals surface area (Å²) >= 11 is 0. The zero-order valence-electron chi connectivity index (χ0n) is 72.4. The fraction of sp³-hybridized carbons (Fsp3) is 0.750. The van der Waals surface area contributed by atoms with Crippen LogP contribution in [0.2, 0.25) is 0 Å². The number of ether oxygens (including phenoxy) is 4. The van der Waals surface area contributed by atoms with Crippen LogP contribution in [0.1, 0.15) is 480 Å². The van der Waals surface area contributed by atoms with Gasteiger partial charge in [-0.05, 0) is 127 Å². The Kier molecular flexibility index (Phi) is 78.2. The Morgan fingerprint density at radius 1 is 0.248 bits per heavy atom. The van der Waals surface area contributed by atoms with E-state index in [1.165, 1.54) is 307 Å². The normalized spacial score (nSPS) is 11.8. The molecular weight excluding hydrogens is 1480 g/mol. The van der Waals surface area contributed by atoms with E-state index in [1.54, 1.807) is 0 Å². The molecule has 2 aromatic carbocycles. The monoisotopic (exact) mass is 1640 g/mol. The molecule has 0 radical (unpaired) electrons. The van der Waals surface area contributed by atoms with Gasteiger partial charge in [-0.15, -0.1) is 0 Å². The van der Waals surface area contributed by atoms with E-state index in [-0.39, 0.29) is 75.3 Å². The Bertz CT molecular complexity index is 2740. The third-order valence-electron chi connectivity index (χ3n) is 21.0. The molecule has 0 aliphatic carbocycles. The van der Waals surface area contributed by atoms with Gasteiger partial charge in [0.15, 0.2) is 0 Å². The van der Waals surface area contributed by atoms with E-state index < -0.39 is 65.0 Å². The summed E-state index contributed by atoms with van der Waals surface area (Å²) in [7, 11) is -10.0. The summed E-state index contributed by atoms with van der Waals surface area (Å²) in [5, 5.41) is 0. The molecule has 0 aliphatic heterocycles. The topological polar surface area (TPSA) is 220 Å². The Labute approximate surface area is 722 Å². The van der Waals surface area contributed by atoms with Gasteiger partial charge in [0.2, 0.25) is 0 Å². The molecule has 0 aromatic heterocycles. The Morgan fingerprint density at radius 3 is 0.575 bits per heavy atom. The number of benzene rings is 2. The largest absolute Gasteiger partial charge is 2.00 e. The van der Waals surface area contributed by atoms with Crippen LogP contribution in [0, 0.1) is 0 Å². The summed E-state index contributed by atoms with van der Waals surface area (Å²) in [5.74, 6) is -3.61. The summed E-state index contributed by atoms with van der Waals surface area (Å²) in [4.78, 5) is 50.5. The van der Waals surface area contributed by atoms with Crippen LogP contribution < -0.4 is 0 Å². The van der Waals surface area contributed by atoms with Crippen molar-refractivity contribution in [3.8, 4) is 0 Å². The van der Waals surface area contributed by atoms with Gasteiger partial charge in [0.1, 0.15) is 20.2 Å². The second-order valence-corrected chi connectivity index (χ2v) is 34.0. The number of hydrogen-bond acceptors (Lipinski definition) is 14. The molecule has 17 heteroatoms. The third kappa shape index (κ3) is 65.9. The van der Waals surface area contributed by atoms with Crippen molar-refractivity contribution in [1.29, 1.82) is 0 Å². The van der Waals surface area contributed by atoms with Crippen molar-refractivity contribution in [2.75, 3.05) is 26.4 Å². The predicted octanol–water partition coefficient (Wildman–Crippen LogP) is 28.7. The van der Waals surface area contributed by atoms with Crippen LogP contribution in [0.3, 0.4) is 0 Å². The van der Waals surface area contributed by atoms with Crippen LogP contribution in [-0.2, 0) is 39.2 Å². The SMILES string of the molecule is CC/C=C/CCCCCCCCCCCCCCCCOC(=O)c1cccc(S(=O)(=O)[O-])c1C(=O)OCCCCCCCCCCCCCCCC/C=C/CC.CC/C=C/CCCCCCCCCCCCCCCCOC(=O)c1cccc(S(=O)(=O)[O-])c1C(=O)OCCCCCCCCCCCCCCCC/C=C/CC.[Ca+2]. The smallest absolute Gasteiger partial charge is 0.744 e. The number of carbonyl (C=O) groups is 4. The first-order valence-electron chi connectivity index (χ1n) is 46.1. The van der Waals surface area contributed by atoms with Gasteiger partial charge in [-0.3, -0.25) is 0 Å². The fourth-order valence-electron chi connectivity index (χ4n) is 14.3. The first-order chi connectivity index (χ1) is 54.6. The van der Waals surface area contributed by atoms with Crippen molar-refractivity contribution in [2.24, 2.45) is 0 Å². The summed E-state index contributed by atoms with van der Waals surface area (Å²) < 4.78 is 93.6. The van der Waals surface area contributed by atoms with E-state index in [0.29, 0.717) is 25.7 Å².